The van der Waals surface area contributed by atoms with Gasteiger partial charge in [0.25, 0.3) is 5.69 Å². The van der Waals surface area contributed by atoms with Crippen LogP contribution in [0, 0.1) is 10.1 Å². The second-order valence-corrected chi connectivity index (χ2v) is 5.25. The van der Waals surface area contributed by atoms with E-state index in [-0.39, 0.29) is 22.1 Å². The number of ether oxygens (including phenoxy) is 1. The predicted molar refractivity (Wildman–Crippen MR) is 77.0 cm³/mol. The molecular weight excluding hydrogens is 318 g/mol. The van der Waals surface area contributed by atoms with Gasteiger partial charge < -0.3 is 4.74 Å². The van der Waals surface area contributed by atoms with Gasteiger partial charge in [0.15, 0.2) is 6.61 Å². The zero-order valence-corrected chi connectivity index (χ0v) is 12.0. The molecule has 0 bridgehead atoms. The summed E-state index contributed by atoms with van der Waals surface area (Å²) in [4.78, 5) is 33.9. The molecule has 0 unspecified atom stereocenters. The van der Waals surface area contributed by atoms with Crippen molar-refractivity contribution in [1.82, 2.24) is 0 Å². The fraction of sp³-hybridized carbons (Fsp3) is 0.0769. The first-order valence-electron chi connectivity index (χ1n) is 5.67. The van der Waals surface area contributed by atoms with Crippen LogP contribution in [-0.4, -0.2) is 23.3 Å². The number of thiophene rings is 1. The Morgan fingerprint density at radius 2 is 2.10 bits per heavy atom. The Bertz CT molecular complexity index is 699. The first kappa shape index (κ1) is 15.1. The number of hydrogen-bond acceptors (Lipinski definition) is 6. The molecule has 8 heteroatoms. The van der Waals surface area contributed by atoms with E-state index in [1.807, 2.05) is 0 Å². The van der Waals surface area contributed by atoms with Gasteiger partial charge in [-0.1, -0.05) is 17.7 Å². The van der Waals surface area contributed by atoms with E-state index in [4.69, 9.17) is 16.3 Å². The molecule has 1 aromatic heterocycles. The van der Waals surface area contributed by atoms with Crippen LogP contribution in [0.15, 0.2) is 35.7 Å². The number of nitro benzene ring substituents is 1. The van der Waals surface area contributed by atoms with Gasteiger partial charge in [-0.25, -0.2) is 4.79 Å². The summed E-state index contributed by atoms with van der Waals surface area (Å²) in [6.45, 7) is -0.410. The molecule has 6 nitrogen and oxygen atoms in total. The molecule has 0 radical (unpaired) electrons. The predicted octanol–water partition coefficient (Wildman–Crippen LogP) is 3.35. The quantitative estimate of drug-likeness (QED) is 0.364. The zero-order chi connectivity index (χ0) is 15.4. The molecular formula is C13H8ClNO5S. The van der Waals surface area contributed by atoms with Crippen LogP contribution in [-0.2, 0) is 4.74 Å². The van der Waals surface area contributed by atoms with Gasteiger partial charge in [-0.3, -0.25) is 14.9 Å². The van der Waals surface area contributed by atoms with Crippen molar-refractivity contribution in [3.8, 4) is 0 Å². The van der Waals surface area contributed by atoms with Gasteiger partial charge >= 0.3 is 5.97 Å². The summed E-state index contributed by atoms with van der Waals surface area (Å²) in [6, 6.07) is 6.73. The van der Waals surface area contributed by atoms with Gasteiger partial charge in [0.05, 0.1) is 20.4 Å². The largest absolute Gasteiger partial charge is 0.454 e. The molecule has 0 spiro atoms. The Labute approximate surface area is 128 Å². The van der Waals surface area contributed by atoms with Crippen LogP contribution in [0.1, 0.15) is 20.0 Å². The lowest BCUT2D eigenvalue weighted by Gasteiger charge is -2.05. The minimum absolute atomic E-state index is 0.0266. The molecule has 1 heterocycles. The van der Waals surface area contributed by atoms with E-state index in [9.17, 15) is 19.7 Å². The Hall–Kier alpha value is -2.25. The molecule has 0 N–H and O–H groups in total. The Morgan fingerprint density at radius 1 is 1.33 bits per heavy atom. The fourth-order valence-corrected chi connectivity index (χ4v) is 2.40. The molecule has 1 aromatic carbocycles. The average molecular weight is 326 g/mol. The number of hydrogen-bond donors (Lipinski definition) is 0. The van der Waals surface area contributed by atoms with Gasteiger partial charge in [0.2, 0.25) is 5.78 Å². The molecule has 21 heavy (non-hydrogen) atoms. The van der Waals surface area contributed by atoms with Crippen molar-refractivity contribution < 1.29 is 19.2 Å². The average Bonchev–Trinajstić information content (AvgIpc) is 2.98. The number of ketones is 1. The normalized spacial score (nSPS) is 10.1. The van der Waals surface area contributed by atoms with Gasteiger partial charge in [-0.15, -0.1) is 11.3 Å². The van der Waals surface area contributed by atoms with Crippen molar-refractivity contribution >= 4 is 40.4 Å². The topological polar surface area (TPSA) is 86.5 Å². The van der Waals surface area contributed by atoms with Gasteiger partial charge in [0, 0.05) is 12.1 Å². The van der Waals surface area contributed by atoms with Crippen molar-refractivity contribution in [1.29, 1.82) is 0 Å². The SMILES string of the molecule is O=C(COC(=O)c1ccc([N+](=O)[O-])cc1Cl)c1cccs1. The number of carbonyl (C=O) groups excluding carboxylic acids is 2. The lowest BCUT2D eigenvalue weighted by molar-refractivity contribution is -0.384. The number of rotatable bonds is 5. The van der Waals surface area contributed by atoms with E-state index < -0.39 is 17.5 Å². The van der Waals surface area contributed by atoms with Crippen molar-refractivity contribution in [2.75, 3.05) is 6.61 Å². The lowest BCUT2D eigenvalue weighted by atomic mass is 10.2. The van der Waals surface area contributed by atoms with E-state index in [1.54, 1.807) is 17.5 Å². The maximum atomic E-state index is 11.8. The molecule has 2 rings (SSSR count). The number of Topliss-reactive ketones (excluding diaryl/α,β-unsaturated/α-hetero) is 1. The highest BCUT2D eigenvalue weighted by atomic mass is 35.5. The number of nitrogens with zero attached hydrogens (tertiary/aromatic N) is 1. The maximum absolute atomic E-state index is 11.8. The van der Waals surface area contributed by atoms with Gasteiger partial charge in [-0.2, -0.15) is 0 Å². The number of esters is 1. The monoisotopic (exact) mass is 325 g/mol. The van der Waals surface area contributed by atoms with E-state index in [2.05, 4.69) is 0 Å². The molecule has 0 aliphatic carbocycles. The standard InChI is InChI=1S/C13H8ClNO5S/c14-10-6-8(15(18)19)3-4-9(10)13(17)20-7-11(16)12-2-1-5-21-12/h1-6H,7H2. The highest BCUT2D eigenvalue weighted by Gasteiger charge is 2.17. The summed E-state index contributed by atoms with van der Waals surface area (Å²) in [6.07, 6.45) is 0. The number of halogens is 1. The van der Waals surface area contributed by atoms with Crippen LogP contribution < -0.4 is 0 Å². The molecule has 2 aromatic rings. The molecule has 0 amide bonds. The van der Waals surface area contributed by atoms with Crippen molar-refractivity contribution in [2.24, 2.45) is 0 Å². The molecule has 0 saturated carbocycles. The summed E-state index contributed by atoms with van der Waals surface area (Å²) in [5.41, 5.74) is -0.257. The van der Waals surface area contributed by atoms with Gasteiger partial charge in [-0.05, 0) is 17.5 Å². The minimum atomic E-state index is -0.806. The smallest absolute Gasteiger partial charge is 0.340 e. The molecule has 0 fully saturated rings. The third-order valence-corrected chi connectivity index (χ3v) is 3.74. The van der Waals surface area contributed by atoms with Crippen LogP contribution in [0.25, 0.3) is 0 Å². The van der Waals surface area contributed by atoms with Gasteiger partial charge in [0.1, 0.15) is 0 Å². The number of non-ortho nitro benzene ring substituents is 1. The van der Waals surface area contributed by atoms with Crippen LogP contribution in [0.4, 0.5) is 5.69 Å². The lowest BCUT2D eigenvalue weighted by Crippen LogP contribution is -2.13. The van der Waals surface area contributed by atoms with E-state index in [1.165, 1.54) is 17.4 Å². The third kappa shape index (κ3) is 3.65. The maximum Gasteiger partial charge on any atom is 0.340 e. The first-order valence-corrected chi connectivity index (χ1v) is 6.92. The Kier molecular flexibility index (Phi) is 4.66. The first-order chi connectivity index (χ1) is 9.99. The Balaban J connectivity index is 2.04. The molecule has 0 atom stereocenters. The number of carbonyl (C=O) groups is 2. The minimum Gasteiger partial charge on any atom is -0.454 e. The highest BCUT2D eigenvalue weighted by molar-refractivity contribution is 7.12. The molecule has 108 valence electrons. The second kappa shape index (κ2) is 6.47. The second-order valence-electron chi connectivity index (χ2n) is 3.90. The van der Waals surface area contributed by atoms with Crippen LogP contribution >= 0.6 is 22.9 Å². The molecule has 0 aliphatic heterocycles. The highest BCUT2D eigenvalue weighted by Crippen LogP contribution is 2.23. The summed E-state index contributed by atoms with van der Waals surface area (Å²) in [5, 5.41) is 12.2. The summed E-state index contributed by atoms with van der Waals surface area (Å²) in [7, 11) is 0. The van der Waals surface area contributed by atoms with Crippen molar-refractivity contribution in [2.45, 2.75) is 0 Å². The van der Waals surface area contributed by atoms with Crippen molar-refractivity contribution in [3.05, 3.63) is 61.3 Å². The van der Waals surface area contributed by atoms with E-state index in [0.717, 1.165) is 12.1 Å². The fourth-order valence-electron chi connectivity index (χ4n) is 1.50. The molecule has 0 aliphatic rings. The van der Waals surface area contributed by atoms with E-state index in [0.29, 0.717) is 4.88 Å². The summed E-state index contributed by atoms with van der Waals surface area (Å²) >= 11 is 7.04. The van der Waals surface area contributed by atoms with Crippen molar-refractivity contribution in [3.63, 3.8) is 0 Å². The van der Waals surface area contributed by atoms with E-state index >= 15 is 0 Å². The number of nitro groups is 1. The Morgan fingerprint density at radius 3 is 2.67 bits per heavy atom. The van der Waals surface area contributed by atoms with Crippen LogP contribution in [0.5, 0.6) is 0 Å². The summed E-state index contributed by atoms with van der Waals surface area (Å²) in [5.74, 6) is -1.13. The summed E-state index contributed by atoms with van der Waals surface area (Å²) < 4.78 is 4.86. The molecule has 0 saturated heterocycles. The zero-order valence-electron chi connectivity index (χ0n) is 10.4. The van der Waals surface area contributed by atoms with Crippen LogP contribution in [0.3, 0.4) is 0 Å². The number of benzene rings is 1. The third-order valence-electron chi connectivity index (χ3n) is 2.51. The van der Waals surface area contributed by atoms with Crippen LogP contribution in [0.2, 0.25) is 5.02 Å².